The molecule has 1 rings (SSSR count). The maximum absolute atomic E-state index is 11.7. The molecule has 0 aliphatic carbocycles. The van der Waals surface area contributed by atoms with Gasteiger partial charge in [-0.2, -0.15) is 0 Å². The van der Waals surface area contributed by atoms with Gasteiger partial charge in [-0.3, -0.25) is 9.59 Å². The second kappa shape index (κ2) is 9.38. The van der Waals surface area contributed by atoms with Crippen LogP contribution in [0.1, 0.15) is 24.8 Å². The first kappa shape index (κ1) is 17.5. The Labute approximate surface area is 128 Å². The van der Waals surface area contributed by atoms with E-state index in [1.807, 2.05) is 18.2 Å². The third kappa shape index (κ3) is 7.28. The highest BCUT2D eigenvalue weighted by Gasteiger charge is 2.18. The molecule has 0 fully saturated rings. The van der Waals surface area contributed by atoms with E-state index in [9.17, 15) is 14.4 Å². The summed E-state index contributed by atoms with van der Waals surface area (Å²) in [6.07, 6.45) is -0.829. The summed E-state index contributed by atoms with van der Waals surface area (Å²) in [5.41, 5.74) is 0.821. The highest BCUT2D eigenvalue weighted by molar-refractivity contribution is 5.72. The van der Waals surface area contributed by atoms with Gasteiger partial charge in [-0.1, -0.05) is 30.3 Å². The summed E-state index contributed by atoms with van der Waals surface area (Å²) in [5, 5.41) is 11.3. The second-order valence-electron chi connectivity index (χ2n) is 4.62. The van der Waals surface area contributed by atoms with Crippen molar-refractivity contribution in [2.75, 3.05) is 7.11 Å². The van der Waals surface area contributed by atoms with Crippen LogP contribution in [0.4, 0.5) is 4.79 Å². The minimum absolute atomic E-state index is 0.0212. The van der Waals surface area contributed by atoms with Crippen molar-refractivity contribution in [3.63, 3.8) is 0 Å². The molecule has 0 heterocycles. The summed E-state index contributed by atoms with van der Waals surface area (Å²) in [7, 11) is 1.25. The quantitative estimate of drug-likeness (QED) is 0.709. The number of aliphatic carboxylic acids is 1. The number of carbonyl (C=O) groups excluding carboxylic acids is 2. The van der Waals surface area contributed by atoms with E-state index in [2.05, 4.69) is 10.1 Å². The number of hydrogen-bond acceptors (Lipinski definition) is 5. The Kier molecular flexibility index (Phi) is 7.45. The Hall–Kier alpha value is -2.57. The van der Waals surface area contributed by atoms with E-state index in [1.165, 1.54) is 7.11 Å². The Morgan fingerprint density at radius 1 is 1.23 bits per heavy atom. The normalized spacial score (nSPS) is 11.3. The molecule has 7 nitrogen and oxygen atoms in total. The van der Waals surface area contributed by atoms with Gasteiger partial charge in [0.2, 0.25) is 0 Å². The van der Waals surface area contributed by atoms with E-state index in [0.717, 1.165) is 5.56 Å². The molecule has 0 saturated heterocycles. The number of nitrogens with one attached hydrogen (secondary N) is 1. The zero-order valence-corrected chi connectivity index (χ0v) is 12.3. The number of carbonyl (C=O) groups is 3. The van der Waals surface area contributed by atoms with Crippen molar-refractivity contribution in [3.8, 4) is 0 Å². The lowest BCUT2D eigenvalue weighted by atomic mass is 10.1. The summed E-state index contributed by atoms with van der Waals surface area (Å²) < 4.78 is 9.50. The first-order valence-corrected chi connectivity index (χ1v) is 6.77. The molecular weight excluding hydrogens is 290 g/mol. The van der Waals surface area contributed by atoms with Gasteiger partial charge in [-0.05, 0) is 12.0 Å². The van der Waals surface area contributed by atoms with E-state index in [0.29, 0.717) is 0 Å². The summed E-state index contributed by atoms with van der Waals surface area (Å²) >= 11 is 0. The van der Waals surface area contributed by atoms with Crippen molar-refractivity contribution >= 4 is 18.0 Å². The van der Waals surface area contributed by atoms with Gasteiger partial charge in [-0.15, -0.1) is 0 Å². The fraction of sp³-hybridized carbons (Fsp3) is 0.400. The van der Waals surface area contributed by atoms with Crippen LogP contribution in [0.2, 0.25) is 0 Å². The Morgan fingerprint density at radius 2 is 1.91 bits per heavy atom. The van der Waals surface area contributed by atoms with Crippen LogP contribution >= 0.6 is 0 Å². The summed E-state index contributed by atoms with van der Waals surface area (Å²) in [5.74, 6) is -1.53. The summed E-state index contributed by atoms with van der Waals surface area (Å²) in [4.78, 5) is 33.5. The van der Waals surface area contributed by atoms with Crippen molar-refractivity contribution in [2.45, 2.75) is 31.9 Å². The second-order valence-corrected chi connectivity index (χ2v) is 4.62. The number of alkyl carbamates (subject to hydrolysis) is 1. The SMILES string of the molecule is COC(=O)CC[C@H](CC(=O)O)NC(=O)OCc1ccccc1. The lowest BCUT2D eigenvalue weighted by molar-refractivity contribution is -0.142. The average Bonchev–Trinajstić information content (AvgIpc) is 2.50. The van der Waals surface area contributed by atoms with Crippen LogP contribution in [0.15, 0.2) is 30.3 Å². The third-order valence-electron chi connectivity index (χ3n) is 2.88. The lowest BCUT2D eigenvalue weighted by Crippen LogP contribution is -2.37. The fourth-order valence-electron chi connectivity index (χ4n) is 1.76. The minimum atomic E-state index is -1.07. The zero-order chi connectivity index (χ0) is 16.4. The van der Waals surface area contributed by atoms with Crippen molar-refractivity contribution in [3.05, 3.63) is 35.9 Å². The maximum Gasteiger partial charge on any atom is 0.407 e. The van der Waals surface area contributed by atoms with Crippen molar-refractivity contribution in [1.29, 1.82) is 0 Å². The summed E-state index contributed by atoms with van der Waals surface area (Å²) in [6, 6.07) is 8.40. The van der Waals surface area contributed by atoms with Crippen molar-refractivity contribution in [1.82, 2.24) is 5.32 Å². The number of benzene rings is 1. The number of ether oxygens (including phenoxy) is 2. The Bertz CT molecular complexity index is 502. The monoisotopic (exact) mass is 309 g/mol. The molecule has 1 aromatic carbocycles. The number of amides is 1. The predicted molar refractivity (Wildman–Crippen MR) is 77.1 cm³/mol. The molecular formula is C15H19NO6. The molecule has 0 aliphatic rings. The van der Waals surface area contributed by atoms with Gasteiger partial charge in [-0.25, -0.2) is 4.79 Å². The average molecular weight is 309 g/mol. The zero-order valence-electron chi connectivity index (χ0n) is 12.3. The van der Waals surface area contributed by atoms with Crippen LogP contribution in [0.25, 0.3) is 0 Å². The van der Waals surface area contributed by atoms with Crippen molar-refractivity contribution in [2.24, 2.45) is 0 Å². The molecule has 0 spiro atoms. The molecule has 0 aromatic heterocycles. The number of rotatable bonds is 8. The van der Waals surface area contributed by atoms with Crippen LogP contribution in [0, 0.1) is 0 Å². The fourth-order valence-corrected chi connectivity index (χ4v) is 1.76. The van der Waals surface area contributed by atoms with Crippen LogP contribution in [0.3, 0.4) is 0 Å². The molecule has 1 atom stereocenters. The highest BCUT2D eigenvalue weighted by atomic mass is 16.5. The molecule has 2 N–H and O–H groups in total. The van der Waals surface area contributed by atoms with E-state index >= 15 is 0 Å². The molecule has 0 unspecified atom stereocenters. The van der Waals surface area contributed by atoms with Gasteiger partial charge in [0, 0.05) is 12.5 Å². The standard InChI is InChI=1S/C15H19NO6/c1-21-14(19)8-7-12(9-13(17)18)16-15(20)22-10-11-5-3-2-4-6-11/h2-6,12H,7-10H2,1H3,(H,16,20)(H,17,18)/t12-/m1/s1. The van der Waals surface area contributed by atoms with E-state index in [1.54, 1.807) is 12.1 Å². The molecule has 0 saturated carbocycles. The largest absolute Gasteiger partial charge is 0.481 e. The minimum Gasteiger partial charge on any atom is -0.481 e. The Balaban J connectivity index is 2.44. The van der Waals surface area contributed by atoms with E-state index in [4.69, 9.17) is 9.84 Å². The number of methoxy groups -OCH3 is 1. The molecule has 1 aromatic rings. The van der Waals surface area contributed by atoms with Crippen LogP contribution in [0.5, 0.6) is 0 Å². The third-order valence-corrected chi connectivity index (χ3v) is 2.88. The topological polar surface area (TPSA) is 102 Å². The van der Waals surface area contributed by atoms with Gasteiger partial charge < -0.3 is 19.9 Å². The van der Waals surface area contributed by atoms with Gasteiger partial charge in [0.1, 0.15) is 6.61 Å². The van der Waals surface area contributed by atoms with Gasteiger partial charge >= 0.3 is 18.0 Å². The smallest absolute Gasteiger partial charge is 0.407 e. The number of esters is 1. The van der Waals surface area contributed by atoms with Gasteiger partial charge in [0.05, 0.1) is 13.5 Å². The van der Waals surface area contributed by atoms with E-state index < -0.39 is 24.1 Å². The molecule has 7 heteroatoms. The molecule has 1 amide bonds. The molecule has 120 valence electrons. The van der Waals surface area contributed by atoms with Crippen molar-refractivity contribution < 1.29 is 29.0 Å². The first-order chi connectivity index (χ1) is 10.5. The number of carboxylic acid groups (broad SMARTS) is 1. The number of hydrogen-bond donors (Lipinski definition) is 2. The summed E-state index contributed by atoms with van der Waals surface area (Å²) in [6.45, 7) is 0.0868. The Morgan fingerprint density at radius 3 is 2.50 bits per heavy atom. The molecule has 0 radical (unpaired) electrons. The van der Waals surface area contributed by atoms with Crippen LogP contribution in [-0.2, 0) is 25.7 Å². The van der Waals surface area contributed by atoms with Crippen LogP contribution < -0.4 is 5.32 Å². The van der Waals surface area contributed by atoms with E-state index in [-0.39, 0.29) is 25.9 Å². The predicted octanol–water partition coefficient (Wildman–Crippen LogP) is 1.71. The lowest BCUT2D eigenvalue weighted by Gasteiger charge is -2.16. The highest BCUT2D eigenvalue weighted by Crippen LogP contribution is 2.05. The van der Waals surface area contributed by atoms with Crippen LogP contribution in [-0.4, -0.2) is 36.3 Å². The molecule has 22 heavy (non-hydrogen) atoms. The van der Waals surface area contributed by atoms with Gasteiger partial charge in [0.25, 0.3) is 0 Å². The number of carboxylic acids is 1. The molecule has 0 aliphatic heterocycles. The maximum atomic E-state index is 11.7. The first-order valence-electron chi connectivity index (χ1n) is 6.77. The van der Waals surface area contributed by atoms with Gasteiger partial charge in [0.15, 0.2) is 0 Å². The molecule has 0 bridgehead atoms.